The number of fused-ring (bicyclic) bond motifs is 3. The van der Waals surface area contributed by atoms with Crippen molar-refractivity contribution in [1.29, 1.82) is 0 Å². The van der Waals surface area contributed by atoms with Crippen LogP contribution in [0.3, 0.4) is 0 Å². The third-order valence-electron chi connectivity index (χ3n) is 6.99. The lowest BCUT2D eigenvalue weighted by Crippen LogP contribution is -2.20. The van der Waals surface area contributed by atoms with Crippen LogP contribution in [-0.4, -0.2) is 20.4 Å². The second kappa shape index (κ2) is 9.05. The molecule has 6 nitrogen and oxygen atoms in total. The van der Waals surface area contributed by atoms with E-state index in [-0.39, 0.29) is 5.56 Å². The molecule has 0 aliphatic heterocycles. The molecule has 0 saturated carbocycles. The Morgan fingerprint density at radius 3 is 2.62 bits per heavy atom. The molecule has 3 aromatic heterocycles. The van der Waals surface area contributed by atoms with Gasteiger partial charge in [0, 0.05) is 38.6 Å². The highest BCUT2D eigenvalue weighted by molar-refractivity contribution is 6.31. The fourth-order valence-electron chi connectivity index (χ4n) is 4.96. The maximum absolute atomic E-state index is 13.7. The molecule has 0 aliphatic rings. The van der Waals surface area contributed by atoms with Gasteiger partial charge in [-0.3, -0.25) is 4.79 Å². The molecule has 3 heterocycles. The van der Waals surface area contributed by atoms with E-state index in [4.69, 9.17) is 26.1 Å². The average Bonchev–Trinajstić information content (AvgIpc) is 3.45. The van der Waals surface area contributed by atoms with Gasteiger partial charge in [-0.25, -0.2) is 4.98 Å². The van der Waals surface area contributed by atoms with E-state index in [0.29, 0.717) is 39.1 Å². The van der Waals surface area contributed by atoms with E-state index in [0.717, 1.165) is 34.0 Å². The van der Waals surface area contributed by atoms with Crippen LogP contribution in [0.2, 0.25) is 5.02 Å². The normalized spacial score (nSPS) is 12.9. The lowest BCUT2D eigenvalue weighted by Gasteiger charge is -2.15. The molecule has 0 amide bonds. The number of para-hydroxylation sites is 2. The largest absolute Gasteiger partial charge is 0.453 e. The van der Waals surface area contributed by atoms with Crippen molar-refractivity contribution >= 4 is 50.6 Å². The fourth-order valence-corrected chi connectivity index (χ4v) is 5.14. The molecular weight excluding hydrogens is 484 g/mol. The van der Waals surface area contributed by atoms with Gasteiger partial charge in [0.1, 0.15) is 5.58 Å². The Kier molecular flexibility index (Phi) is 5.69. The van der Waals surface area contributed by atoms with Gasteiger partial charge >= 0.3 is 0 Å². The standard InChI is InChI=1S/C30H25ClN4O2/c1-4-18(2)34-19(3)24(22-9-6-8-12-26(22)34)17-32-35-29(33-25-11-7-5-10-23(25)30(35)36)28-16-20-15-21(31)13-14-27(20)37-28/h5-18H,4H2,1-3H3/t18-/m0/s1. The van der Waals surface area contributed by atoms with Crippen LogP contribution in [0, 0.1) is 6.92 Å². The molecule has 0 bridgehead atoms. The maximum atomic E-state index is 13.7. The third kappa shape index (κ3) is 3.85. The molecule has 0 radical (unpaired) electrons. The molecule has 0 spiro atoms. The zero-order chi connectivity index (χ0) is 25.7. The second-order valence-corrected chi connectivity index (χ2v) is 9.69. The summed E-state index contributed by atoms with van der Waals surface area (Å²) in [5, 5.41) is 7.73. The topological polar surface area (TPSA) is 65.3 Å². The first-order valence-corrected chi connectivity index (χ1v) is 12.7. The van der Waals surface area contributed by atoms with E-state index >= 15 is 0 Å². The van der Waals surface area contributed by atoms with Gasteiger partial charge in [-0.2, -0.15) is 9.78 Å². The van der Waals surface area contributed by atoms with E-state index in [9.17, 15) is 4.79 Å². The van der Waals surface area contributed by atoms with Crippen molar-refractivity contribution in [3.8, 4) is 11.6 Å². The van der Waals surface area contributed by atoms with Gasteiger partial charge in [0.05, 0.1) is 17.1 Å². The van der Waals surface area contributed by atoms with Gasteiger partial charge in [-0.15, -0.1) is 0 Å². The molecule has 184 valence electrons. The van der Waals surface area contributed by atoms with Gasteiger partial charge in [-0.05, 0) is 62.7 Å². The van der Waals surface area contributed by atoms with E-state index in [1.807, 2.05) is 42.5 Å². The van der Waals surface area contributed by atoms with Crippen LogP contribution in [0.25, 0.3) is 44.4 Å². The summed E-state index contributed by atoms with van der Waals surface area (Å²) >= 11 is 6.19. The summed E-state index contributed by atoms with van der Waals surface area (Å²) in [5.41, 5.74) is 4.19. The van der Waals surface area contributed by atoms with Crippen LogP contribution in [0.15, 0.2) is 87.1 Å². The summed E-state index contributed by atoms with van der Waals surface area (Å²) in [6, 6.07) is 23.1. The van der Waals surface area contributed by atoms with Crippen LogP contribution in [0.4, 0.5) is 0 Å². The van der Waals surface area contributed by atoms with E-state index in [1.165, 1.54) is 4.68 Å². The minimum atomic E-state index is -0.265. The predicted molar refractivity (Wildman–Crippen MR) is 151 cm³/mol. The summed E-state index contributed by atoms with van der Waals surface area (Å²) in [6.07, 6.45) is 2.77. The van der Waals surface area contributed by atoms with Crippen LogP contribution < -0.4 is 5.56 Å². The van der Waals surface area contributed by atoms with Crippen molar-refractivity contribution in [2.75, 3.05) is 0 Å². The lowest BCUT2D eigenvalue weighted by molar-refractivity contribution is 0.537. The Labute approximate surface area is 218 Å². The van der Waals surface area contributed by atoms with Crippen molar-refractivity contribution in [2.24, 2.45) is 5.10 Å². The van der Waals surface area contributed by atoms with Gasteiger partial charge in [0.2, 0.25) is 5.82 Å². The van der Waals surface area contributed by atoms with Crippen LogP contribution in [-0.2, 0) is 0 Å². The number of hydrogen-bond donors (Lipinski definition) is 0. The number of rotatable bonds is 5. The maximum Gasteiger partial charge on any atom is 0.282 e. The van der Waals surface area contributed by atoms with Gasteiger partial charge in [-0.1, -0.05) is 48.9 Å². The molecule has 37 heavy (non-hydrogen) atoms. The number of halogens is 1. The van der Waals surface area contributed by atoms with E-state index < -0.39 is 0 Å². The first kappa shape index (κ1) is 23.3. The Balaban J connectivity index is 1.59. The molecule has 0 fully saturated rings. The smallest absolute Gasteiger partial charge is 0.282 e. The van der Waals surface area contributed by atoms with Gasteiger partial charge < -0.3 is 8.98 Å². The molecule has 3 aromatic carbocycles. The third-order valence-corrected chi connectivity index (χ3v) is 7.23. The van der Waals surface area contributed by atoms with Crippen molar-refractivity contribution in [3.05, 3.63) is 99.4 Å². The minimum Gasteiger partial charge on any atom is -0.453 e. The monoisotopic (exact) mass is 508 g/mol. The Morgan fingerprint density at radius 2 is 1.81 bits per heavy atom. The number of furan rings is 1. The Bertz CT molecular complexity index is 1890. The number of aromatic nitrogens is 3. The molecule has 7 heteroatoms. The zero-order valence-corrected chi connectivity index (χ0v) is 21.5. The van der Waals surface area contributed by atoms with Crippen molar-refractivity contribution in [2.45, 2.75) is 33.2 Å². The number of hydrogen-bond acceptors (Lipinski definition) is 4. The van der Waals surface area contributed by atoms with Crippen LogP contribution in [0.1, 0.15) is 37.6 Å². The SMILES string of the molecule is CC[C@H](C)n1c(C)c(C=Nn2c(-c3cc4cc(Cl)ccc4o3)nc3ccccc3c2=O)c2ccccc21. The zero-order valence-electron chi connectivity index (χ0n) is 20.8. The summed E-state index contributed by atoms with van der Waals surface area (Å²) in [4.78, 5) is 18.4. The molecule has 0 unspecified atom stereocenters. The van der Waals surface area contributed by atoms with Gasteiger partial charge in [0.25, 0.3) is 5.56 Å². The van der Waals surface area contributed by atoms with E-state index in [2.05, 4.69) is 37.5 Å². The summed E-state index contributed by atoms with van der Waals surface area (Å²) in [7, 11) is 0. The number of nitrogens with zero attached hydrogens (tertiary/aromatic N) is 4. The minimum absolute atomic E-state index is 0.265. The van der Waals surface area contributed by atoms with Crippen molar-refractivity contribution in [1.82, 2.24) is 14.2 Å². The first-order valence-electron chi connectivity index (χ1n) is 12.3. The highest BCUT2D eigenvalue weighted by Gasteiger charge is 2.19. The summed E-state index contributed by atoms with van der Waals surface area (Å²) < 4.78 is 9.76. The summed E-state index contributed by atoms with van der Waals surface area (Å²) in [5.74, 6) is 0.770. The Morgan fingerprint density at radius 1 is 1.05 bits per heavy atom. The quantitative estimate of drug-likeness (QED) is 0.225. The highest BCUT2D eigenvalue weighted by Crippen LogP contribution is 2.31. The van der Waals surface area contributed by atoms with E-state index in [1.54, 1.807) is 24.4 Å². The van der Waals surface area contributed by atoms with Gasteiger partial charge in [0.15, 0.2) is 5.76 Å². The molecule has 0 saturated heterocycles. The Hall–Kier alpha value is -4.16. The first-order chi connectivity index (χ1) is 18.0. The van der Waals surface area contributed by atoms with Crippen LogP contribution in [0.5, 0.6) is 0 Å². The average molecular weight is 509 g/mol. The second-order valence-electron chi connectivity index (χ2n) is 9.25. The molecule has 0 aliphatic carbocycles. The lowest BCUT2D eigenvalue weighted by atomic mass is 10.1. The molecule has 6 aromatic rings. The predicted octanol–water partition coefficient (Wildman–Crippen LogP) is 7.58. The van der Waals surface area contributed by atoms with Crippen molar-refractivity contribution in [3.63, 3.8) is 0 Å². The molecule has 0 N–H and O–H groups in total. The van der Waals surface area contributed by atoms with Crippen molar-refractivity contribution < 1.29 is 4.42 Å². The molecule has 6 rings (SSSR count). The molecule has 1 atom stereocenters. The fraction of sp³-hybridized carbons (Fsp3) is 0.167. The van der Waals surface area contributed by atoms with Crippen LogP contribution >= 0.6 is 11.6 Å². The number of benzene rings is 3. The highest BCUT2D eigenvalue weighted by atomic mass is 35.5. The molecular formula is C30H25ClN4O2. The summed E-state index contributed by atoms with van der Waals surface area (Å²) in [6.45, 7) is 6.49.